The average molecular weight is 200 g/mol. The van der Waals surface area contributed by atoms with E-state index < -0.39 is 30.3 Å². The summed E-state index contributed by atoms with van der Waals surface area (Å²) in [6.45, 7) is 1.36. The van der Waals surface area contributed by atoms with Crippen molar-refractivity contribution in [2.45, 2.75) is 32.1 Å². The van der Waals surface area contributed by atoms with E-state index in [2.05, 4.69) is 0 Å². The maximum Gasteiger partial charge on any atom is 0.364 e. The van der Waals surface area contributed by atoms with E-state index in [1.165, 1.54) is 6.92 Å². The predicted molar refractivity (Wildman–Crippen MR) is 35.9 cm³/mol. The molecule has 6 heteroatoms. The Balaban J connectivity index is 4.34. The molecule has 0 saturated carbocycles. The van der Waals surface area contributed by atoms with Gasteiger partial charge >= 0.3 is 12.3 Å². The molecule has 2 nitrogen and oxygen atoms in total. The maximum absolute atomic E-state index is 12.2. The van der Waals surface area contributed by atoms with E-state index in [9.17, 15) is 27.2 Å². The standard InChI is InChI=1S/C7H8F4O2/c1-2-4(12)3-5(13)7(10,11)6(8)9/h6H,2-3H2,1H3. The van der Waals surface area contributed by atoms with Crippen LogP contribution in [0.2, 0.25) is 0 Å². The molecule has 0 atom stereocenters. The molecule has 0 aliphatic heterocycles. The lowest BCUT2D eigenvalue weighted by atomic mass is 10.1. The van der Waals surface area contributed by atoms with Crippen molar-refractivity contribution >= 4 is 11.6 Å². The molecule has 0 saturated heterocycles. The van der Waals surface area contributed by atoms with Crippen molar-refractivity contribution in [2.24, 2.45) is 0 Å². The Morgan fingerprint density at radius 3 is 2.08 bits per heavy atom. The number of carbonyl (C=O) groups excluding carboxylic acids is 2. The van der Waals surface area contributed by atoms with Crippen molar-refractivity contribution in [3.8, 4) is 0 Å². The van der Waals surface area contributed by atoms with Crippen LogP contribution in [0.25, 0.3) is 0 Å². The van der Waals surface area contributed by atoms with Gasteiger partial charge in [-0.05, 0) is 0 Å². The van der Waals surface area contributed by atoms with Gasteiger partial charge in [-0.2, -0.15) is 8.78 Å². The topological polar surface area (TPSA) is 34.1 Å². The Morgan fingerprint density at radius 2 is 1.77 bits per heavy atom. The van der Waals surface area contributed by atoms with Gasteiger partial charge in [0.05, 0.1) is 6.42 Å². The number of alkyl halides is 4. The Bertz CT molecular complexity index is 213. The van der Waals surface area contributed by atoms with Crippen molar-refractivity contribution < 1.29 is 27.2 Å². The molecule has 0 aliphatic rings. The summed E-state index contributed by atoms with van der Waals surface area (Å²) >= 11 is 0. The van der Waals surface area contributed by atoms with E-state index in [4.69, 9.17) is 0 Å². The number of Topliss-reactive ketones (excluding diaryl/α,β-unsaturated/α-hetero) is 2. The highest BCUT2D eigenvalue weighted by atomic mass is 19.3. The minimum absolute atomic E-state index is 0.120. The molecule has 0 radical (unpaired) electrons. The maximum atomic E-state index is 12.2. The highest BCUT2D eigenvalue weighted by molar-refractivity contribution is 6.02. The highest BCUT2D eigenvalue weighted by Crippen LogP contribution is 2.25. The van der Waals surface area contributed by atoms with Crippen LogP contribution in [0, 0.1) is 0 Å². The molecular weight excluding hydrogens is 192 g/mol. The summed E-state index contributed by atoms with van der Waals surface area (Å²) in [6, 6.07) is 0. The third kappa shape index (κ3) is 3.12. The zero-order valence-electron chi connectivity index (χ0n) is 6.82. The smallest absolute Gasteiger partial charge is 0.299 e. The van der Waals surface area contributed by atoms with Crippen LogP contribution in [-0.4, -0.2) is 23.9 Å². The number of ketones is 2. The molecule has 0 fully saturated rings. The quantitative estimate of drug-likeness (QED) is 0.501. The van der Waals surface area contributed by atoms with E-state index in [0.717, 1.165) is 0 Å². The van der Waals surface area contributed by atoms with Crippen molar-refractivity contribution in [2.75, 3.05) is 0 Å². The largest absolute Gasteiger partial charge is 0.364 e. The van der Waals surface area contributed by atoms with Gasteiger partial charge in [0.1, 0.15) is 5.78 Å². The Kier molecular flexibility index (Phi) is 4.03. The van der Waals surface area contributed by atoms with E-state index >= 15 is 0 Å². The minimum Gasteiger partial charge on any atom is -0.299 e. The normalized spacial score (nSPS) is 11.8. The molecule has 0 N–H and O–H groups in total. The Hall–Kier alpha value is -0.940. The van der Waals surface area contributed by atoms with Crippen LogP contribution in [-0.2, 0) is 9.59 Å². The van der Waals surface area contributed by atoms with Gasteiger partial charge in [-0.25, -0.2) is 8.78 Å². The molecule has 0 bridgehead atoms. The monoisotopic (exact) mass is 200 g/mol. The molecule has 0 aromatic carbocycles. The van der Waals surface area contributed by atoms with Gasteiger partial charge in [0, 0.05) is 6.42 Å². The number of rotatable bonds is 5. The van der Waals surface area contributed by atoms with Gasteiger partial charge < -0.3 is 0 Å². The molecule has 0 aromatic heterocycles. The van der Waals surface area contributed by atoms with Crippen LogP contribution in [0.3, 0.4) is 0 Å². The predicted octanol–water partition coefficient (Wildman–Crippen LogP) is 1.83. The second-order valence-corrected chi connectivity index (χ2v) is 2.42. The van der Waals surface area contributed by atoms with Gasteiger partial charge in [0.25, 0.3) is 0 Å². The average Bonchev–Trinajstić information content (AvgIpc) is 2.03. The third-order valence-corrected chi connectivity index (χ3v) is 1.40. The minimum atomic E-state index is -4.70. The summed E-state index contributed by atoms with van der Waals surface area (Å²) in [4.78, 5) is 20.9. The van der Waals surface area contributed by atoms with Crippen LogP contribution in [0.15, 0.2) is 0 Å². The van der Waals surface area contributed by atoms with Gasteiger partial charge in [-0.1, -0.05) is 6.92 Å². The molecule has 0 spiro atoms. The summed E-state index contributed by atoms with van der Waals surface area (Å²) in [7, 11) is 0. The first-order valence-electron chi connectivity index (χ1n) is 3.53. The number of hydrogen-bond donors (Lipinski definition) is 0. The number of halogens is 4. The lowest BCUT2D eigenvalue weighted by Crippen LogP contribution is -2.37. The molecule has 0 aromatic rings. The molecule has 0 heterocycles. The first-order chi connectivity index (χ1) is 5.82. The van der Waals surface area contributed by atoms with E-state index in [0.29, 0.717) is 0 Å². The molecule has 76 valence electrons. The highest BCUT2D eigenvalue weighted by Gasteiger charge is 2.48. The summed E-state index contributed by atoms with van der Waals surface area (Å²) in [5, 5.41) is 0. The van der Waals surface area contributed by atoms with E-state index in [1.807, 2.05) is 0 Å². The lowest BCUT2D eigenvalue weighted by Gasteiger charge is -2.12. The van der Waals surface area contributed by atoms with Crippen molar-refractivity contribution in [3.63, 3.8) is 0 Å². The first kappa shape index (κ1) is 12.1. The zero-order valence-corrected chi connectivity index (χ0v) is 6.82. The van der Waals surface area contributed by atoms with E-state index in [1.54, 1.807) is 0 Å². The van der Waals surface area contributed by atoms with Crippen molar-refractivity contribution in [1.29, 1.82) is 0 Å². The van der Waals surface area contributed by atoms with Crippen LogP contribution in [0.4, 0.5) is 17.6 Å². The van der Waals surface area contributed by atoms with Crippen LogP contribution in [0.1, 0.15) is 19.8 Å². The fraction of sp³-hybridized carbons (Fsp3) is 0.714. The van der Waals surface area contributed by atoms with Crippen molar-refractivity contribution in [1.82, 2.24) is 0 Å². The fourth-order valence-corrected chi connectivity index (χ4v) is 0.544. The fourth-order valence-electron chi connectivity index (χ4n) is 0.544. The van der Waals surface area contributed by atoms with Crippen molar-refractivity contribution in [3.05, 3.63) is 0 Å². The summed E-state index contributed by atoms with van der Waals surface area (Å²) < 4.78 is 47.4. The zero-order chi connectivity index (χ0) is 10.6. The van der Waals surface area contributed by atoms with Gasteiger partial charge in [0.2, 0.25) is 5.78 Å². The van der Waals surface area contributed by atoms with Crippen LogP contribution < -0.4 is 0 Å². The summed E-state index contributed by atoms with van der Waals surface area (Å²) in [5.41, 5.74) is 0. The molecule has 0 aliphatic carbocycles. The molecular formula is C7H8F4O2. The Morgan fingerprint density at radius 1 is 1.31 bits per heavy atom. The molecule has 0 amide bonds. The van der Waals surface area contributed by atoms with E-state index in [-0.39, 0.29) is 6.42 Å². The third-order valence-electron chi connectivity index (χ3n) is 1.40. The first-order valence-corrected chi connectivity index (χ1v) is 3.53. The molecule has 0 unspecified atom stereocenters. The van der Waals surface area contributed by atoms with Gasteiger partial charge in [-0.3, -0.25) is 9.59 Å². The lowest BCUT2D eigenvalue weighted by molar-refractivity contribution is -0.167. The molecule has 13 heavy (non-hydrogen) atoms. The van der Waals surface area contributed by atoms with Gasteiger partial charge in [-0.15, -0.1) is 0 Å². The summed E-state index contributed by atoms with van der Waals surface area (Å²) in [6.07, 6.45) is -5.30. The van der Waals surface area contributed by atoms with Crippen LogP contribution >= 0.6 is 0 Å². The number of carbonyl (C=O) groups is 2. The van der Waals surface area contributed by atoms with Gasteiger partial charge in [0.15, 0.2) is 0 Å². The second-order valence-electron chi connectivity index (χ2n) is 2.42. The second kappa shape index (κ2) is 4.34. The van der Waals surface area contributed by atoms with Crippen LogP contribution in [0.5, 0.6) is 0 Å². The number of hydrogen-bond acceptors (Lipinski definition) is 2. The Labute approximate surface area is 71.9 Å². The summed E-state index contributed by atoms with van der Waals surface area (Å²) in [5.74, 6) is -7.50. The SMILES string of the molecule is CCC(=O)CC(=O)C(F)(F)C(F)F. The molecule has 0 rings (SSSR count).